The molecule has 0 spiro atoms. The van der Waals surface area contributed by atoms with Crippen LogP contribution in [0, 0.1) is 5.92 Å². The summed E-state index contributed by atoms with van der Waals surface area (Å²) in [6.45, 7) is 4.19. The number of anilines is 2. The maximum absolute atomic E-state index is 14.1. The number of nitrogens with zero attached hydrogens (tertiary/aromatic N) is 5. The predicted octanol–water partition coefficient (Wildman–Crippen LogP) is 5.35. The van der Waals surface area contributed by atoms with E-state index in [2.05, 4.69) is 44.8 Å². The Bertz CT molecular complexity index is 1400. The zero-order valence-electron chi connectivity index (χ0n) is 22.5. The van der Waals surface area contributed by atoms with E-state index >= 15 is 0 Å². The highest BCUT2D eigenvalue weighted by atomic mass is 19.3. The largest absolute Gasteiger partial charge is 0.378 e. The van der Waals surface area contributed by atoms with Crippen molar-refractivity contribution < 1.29 is 13.5 Å². The van der Waals surface area contributed by atoms with E-state index in [1.807, 2.05) is 12.1 Å². The first-order chi connectivity index (χ1) is 19.6. The maximum atomic E-state index is 14.1. The monoisotopic (exact) mass is 547 g/mol. The topological polar surface area (TPSA) is 80.1 Å². The molecule has 2 aromatic heterocycles. The molecule has 10 heteroatoms. The molecule has 3 heterocycles. The zero-order chi connectivity index (χ0) is 27.3. The predicted molar refractivity (Wildman–Crippen MR) is 152 cm³/mol. The van der Waals surface area contributed by atoms with Gasteiger partial charge in [0.1, 0.15) is 11.6 Å². The molecule has 0 atom stereocenters. The summed E-state index contributed by atoms with van der Waals surface area (Å²) in [7, 11) is 0. The minimum Gasteiger partial charge on any atom is -0.378 e. The third-order valence-corrected chi connectivity index (χ3v) is 7.88. The highest BCUT2D eigenvalue weighted by molar-refractivity contribution is 5.78. The van der Waals surface area contributed by atoms with Crippen LogP contribution in [0.2, 0.25) is 0 Å². The van der Waals surface area contributed by atoms with Gasteiger partial charge in [-0.2, -0.15) is 9.97 Å². The van der Waals surface area contributed by atoms with Gasteiger partial charge in [-0.15, -0.1) is 0 Å². The van der Waals surface area contributed by atoms with Gasteiger partial charge >= 0.3 is 0 Å². The van der Waals surface area contributed by atoms with Crippen molar-refractivity contribution in [2.75, 3.05) is 43.1 Å². The van der Waals surface area contributed by atoms with Gasteiger partial charge in [-0.3, -0.25) is 4.57 Å². The number of para-hydroxylation sites is 2. The number of nitrogens with one attached hydrogen (secondary N) is 2. The number of aromatic nitrogens is 4. The molecule has 1 aliphatic carbocycles. The van der Waals surface area contributed by atoms with Crippen molar-refractivity contribution in [2.45, 2.75) is 44.7 Å². The average Bonchev–Trinajstić information content (AvgIpc) is 3.41. The molecule has 1 aliphatic heterocycles. The third kappa shape index (κ3) is 6.08. The van der Waals surface area contributed by atoms with Gasteiger partial charge in [0.2, 0.25) is 5.95 Å². The normalized spacial score (nSPS) is 19.8. The second kappa shape index (κ2) is 12.3. The van der Waals surface area contributed by atoms with Crippen LogP contribution in [0.5, 0.6) is 0 Å². The van der Waals surface area contributed by atoms with Gasteiger partial charge in [-0.1, -0.05) is 42.5 Å². The smallest absolute Gasteiger partial charge is 0.296 e. The van der Waals surface area contributed by atoms with Gasteiger partial charge in [-0.25, -0.2) is 13.8 Å². The number of hydrogen-bond acceptors (Lipinski definition) is 7. The highest BCUT2D eigenvalue weighted by Gasteiger charge is 2.24. The summed E-state index contributed by atoms with van der Waals surface area (Å²) >= 11 is 0. The van der Waals surface area contributed by atoms with Crippen LogP contribution in [0.25, 0.3) is 16.9 Å². The van der Waals surface area contributed by atoms with E-state index in [1.165, 1.54) is 10.1 Å². The van der Waals surface area contributed by atoms with Gasteiger partial charge < -0.3 is 20.3 Å². The van der Waals surface area contributed by atoms with Crippen molar-refractivity contribution in [1.82, 2.24) is 24.8 Å². The van der Waals surface area contributed by atoms with E-state index in [4.69, 9.17) is 14.7 Å². The Kier molecular flexibility index (Phi) is 8.15. The number of fused-ring (bicyclic) bond motifs is 1. The number of hydrogen-bond donors (Lipinski definition) is 2. The molecule has 40 heavy (non-hydrogen) atoms. The van der Waals surface area contributed by atoms with Crippen molar-refractivity contribution in [3.63, 3.8) is 0 Å². The fourth-order valence-corrected chi connectivity index (χ4v) is 5.67. The Labute approximate surface area is 232 Å². The molecule has 4 aromatic rings. The number of ether oxygens (including phenoxy) is 1. The minimum atomic E-state index is -2.74. The second-order valence-electron chi connectivity index (χ2n) is 10.6. The van der Waals surface area contributed by atoms with Crippen molar-refractivity contribution >= 4 is 22.8 Å². The summed E-state index contributed by atoms with van der Waals surface area (Å²) in [5, 5.41) is 7.14. The molecule has 0 unspecified atom stereocenters. The number of alkyl halides is 2. The van der Waals surface area contributed by atoms with Gasteiger partial charge in [0, 0.05) is 38.3 Å². The van der Waals surface area contributed by atoms with Crippen LogP contribution in [0.1, 0.15) is 43.5 Å². The molecule has 0 amide bonds. The summed E-state index contributed by atoms with van der Waals surface area (Å²) in [6.07, 6.45) is 1.72. The average molecular weight is 548 g/mol. The van der Waals surface area contributed by atoms with Crippen LogP contribution in [0.15, 0.2) is 60.7 Å². The quantitative estimate of drug-likeness (QED) is 0.292. The van der Waals surface area contributed by atoms with E-state index in [0.29, 0.717) is 66.9 Å². The summed E-state index contributed by atoms with van der Waals surface area (Å²) in [5.74, 6) is 1.71. The Balaban J connectivity index is 1.18. The molecule has 1 saturated heterocycles. The summed E-state index contributed by atoms with van der Waals surface area (Å²) in [4.78, 5) is 15.9. The number of rotatable bonds is 9. The SMILES string of the molecule is FC(F)c1nc2ccccc2n1-c1cc(N2CCOCC2)nc(NC[C@H]2CC[C@H](NCc3ccccc3)CC2)n1. The lowest BCUT2D eigenvalue weighted by atomic mass is 9.86. The van der Waals surface area contributed by atoms with Crippen LogP contribution in [-0.4, -0.2) is 58.4 Å². The first kappa shape index (κ1) is 26.6. The molecule has 1 saturated carbocycles. The standard InChI is InChI=1S/C30H35F2N7O/c31-28(32)29-35-24-8-4-5-9-25(24)39(29)27-18-26(38-14-16-40-17-15-38)36-30(37-27)34-20-22-10-12-23(13-11-22)33-19-21-6-2-1-3-7-21/h1-9,18,22-23,28,33H,10-17,19-20H2,(H,34,36,37)/t22-,23-. The molecule has 2 fully saturated rings. The summed E-state index contributed by atoms with van der Waals surface area (Å²) < 4.78 is 35.2. The fraction of sp³-hybridized carbons (Fsp3) is 0.433. The first-order valence-corrected chi connectivity index (χ1v) is 14.1. The fourth-order valence-electron chi connectivity index (χ4n) is 5.67. The van der Waals surface area contributed by atoms with Gasteiger partial charge in [0.25, 0.3) is 6.43 Å². The van der Waals surface area contributed by atoms with E-state index < -0.39 is 6.43 Å². The molecule has 210 valence electrons. The second-order valence-corrected chi connectivity index (χ2v) is 10.6. The van der Waals surface area contributed by atoms with E-state index in [1.54, 1.807) is 24.3 Å². The lowest BCUT2D eigenvalue weighted by Gasteiger charge is -2.30. The number of morpholine rings is 1. The lowest BCUT2D eigenvalue weighted by Crippen LogP contribution is -2.37. The van der Waals surface area contributed by atoms with Gasteiger partial charge in [0.15, 0.2) is 5.82 Å². The molecule has 2 aliphatic rings. The van der Waals surface area contributed by atoms with Crippen molar-refractivity contribution in [2.24, 2.45) is 5.92 Å². The molecule has 6 rings (SSSR count). The van der Waals surface area contributed by atoms with Gasteiger partial charge in [0.05, 0.1) is 24.2 Å². The summed E-state index contributed by atoms with van der Waals surface area (Å²) in [6, 6.07) is 19.9. The third-order valence-electron chi connectivity index (χ3n) is 7.88. The Morgan fingerprint density at radius 2 is 1.60 bits per heavy atom. The molecular weight excluding hydrogens is 512 g/mol. The lowest BCUT2D eigenvalue weighted by molar-refractivity contribution is 0.122. The highest BCUT2D eigenvalue weighted by Crippen LogP contribution is 2.30. The molecule has 2 aromatic carbocycles. The van der Waals surface area contributed by atoms with Crippen molar-refractivity contribution in [1.29, 1.82) is 0 Å². The summed E-state index contributed by atoms with van der Waals surface area (Å²) in [5.41, 5.74) is 2.41. The minimum absolute atomic E-state index is 0.319. The van der Waals surface area contributed by atoms with E-state index in [-0.39, 0.29) is 5.82 Å². The molecule has 0 bridgehead atoms. The molecule has 8 nitrogen and oxygen atoms in total. The zero-order valence-corrected chi connectivity index (χ0v) is 22.5. The van der Waals surface area contributed by atoms with Crippen LogP contribution in [-0.2, 0) is 11.3 Å². The number of benzene rings is 2. The Morgan fingerprint density at radius 1 is 0.875 bits per heavy atom. The van der Waals surface area contributed by atoms with Crippen molar-refractivity contribution in [3.8, 4) is 5.82 Å². The van der Waals surface area contributed by atoms with Gasteiger partial charge in [-0.05, 0) is 49.3 Å². The van der Waals surface area contributed by atoms with Crippen LogP contribution in [0.3, 0.4) is 0 Å². The molecule has 0 radical (unpaired) electrons. The van der Waals surface area contributed by atoms with E-state index in [9.17, 15) is 8.78 Å². The Hall–Kier alpha value is -3.63. The first-order valence-electron chi connectivity index (χ1n) is 14.1. The van der Waals surface area contributed by atoms with Crippen LogP contribution >= 0.6 is 0 Å². The van der Waals surface area contributed by atoms with Crippen molar-refractivity contribution in [3.05, 3.63) is 72.1 Å². The number of imidazole rings is 1. The Morgan fingerprint density at radius 3 is 2.38 bits per heavy atom. The van der Waals surface area contributed by atoms with Crippen LogP contribution in [0.4, 0.5) is 20.5 Å². The molecule has 2 N–H and O–H groups in total. The molecular formula is C30H35F2N7O. The van der Waals surface area contributed by atoms with E-state index in [0.717, 1.165) is 38.8 Å². The number of halogens is 2. The maximum Gasteiger partial charge on any atom is 0.296 e. The van der Waals surface area contributed by atoms with Crippen LogP contribution < -0.4 is 15.5 Å².